The van der Waals surface area contributed by atoms with Gasteiger partial charge in [0.15, 0.2) is 0 Å². The normalized spacial score (nSPS) is 16.6. The quantitative estimate of drug-likeness (QED) is 0.741. The van der Waals surface area contributed by atoms with E-state index in [1.54, 1.807) is 0 Å². The summed E-state index contributed by atoms with van der Waals surface area (Å²) in [7, 11) is 0. The Labute approximate surface area is 101 Å². The van der Waals surface area contributed by atoms with Crippen molar-refractivity contribution < 1.29 is 4.74 Å². The number of morpholine rings is 1. The molecule has 2 heterocycles. The van der Waals surface area contributed by atoms with Crippen molar-refractivity contribution in [3.05, 3.63) is 16.4 Å². The minimum Gasteiger partial charge on any atom is -0.378 e. The number of anilines is 1. The fraction of sp³-hybridized carbons (Fsp3) is 0.636. The van der Waals surface area contributed by atoms with Gasteiger partial charge in [0, 0.05) is 24.3 Å². The number of hydrogen-bond acceptors (Lipinski definition) is 4. The van der Waals surface area contributed by atoms with E-state index in [-0.39, 0.29) is 0 Å². The highest BCUT2D eigenvalue weighted by molar-refractivity contribution is 6.30. The van der Waals surface area contributed by atoms with Crippen LogP contribution in [-0.2, 0) is 11.2 Å². The first-order chi connectivity index (χ1) is 7.72. The lowest BCUT2D eigenvalue weighted by atomic mass is 10.2. The Kier molecular flexibility index (Phi) is 3.61. The van der Waals surface area contributed by atoms with Gasteiger partial charge in [-0.2, -0.15) is 0 Å². The van der Waals surface area contributed by atoms with Gasteiger partial charge in [0.05, 0.1) is 13.2 Å². The Balaban J connectivity index is 2.28. The van der Waals surface area contributed by atoms with Gasteiger partial charge in [0.25, 0.3) is 0 Å². The average molecular weight is 242 g/mol. The second-order valence-corrected chi connectivity index (χ2v) is 4.19. The van der Waals surface area contributed by atoms with E-state index < -0.39 is 0 Å². The second-order valence-electron chi connectivity index (χ2n) is 3.83. The zero-order valence-corrected chi connectivity index (χ0v) is 10.4. The number of aryl methyl sites for hydroxylation is 1. The van der Waals surface area contributed by atoms with Gasteiger partial charge < -0.3 is 9.64 Å². The molecule has 2 rings (SSSR count). The molecule has 1 fully saturated rings. The third-order valence-corrected chi connectivity index (χ3v) is 3.11. The molecule has 0 atom stereocenters. The lowest BCUT2D eigenvalue weighted by Gasteiger charge is -2.27. The summed E-state index contributed by atoms with van der Waals surface area (Å²) < 4.78 is 5.30. The van der Waals surface area contributed by atoms with Crippen LogP contribution in [-0.4, -0.2) is 36.3 Å². The van der Waals surface area contributed by atoms with Crippen molar-refractivity contribution in [2.45, 2.75) is 20.3 Å². The van der Waals surface area contributed by atoms with Crippen LogP contribution in [0.3, 0.4) is 0 Å². The van der Waals surface area contributed by atoms with Crippen molar-refractivity contribution in [1.82, 2.24) is 9.97 Å². The Morgan fingerprint density at radius 2 is 2.00 bits per heavy atom. The molecule has 4 nitrogen and oxygen atoms in total. The van der Waals surface area contributed by atoms with Gasteiger partial charge in [-0.25, -0.2) is 9.97 Å². The average Bonchev–Trinajstić information content (AvgIpc) is 2.30. The summed E-state index contributed by atoms with van der Waals surface area (Å²) in [5.74, 6) is 0.725. The summed E-state index contributed by atoms with van der Waals surface area (Å²) in [5, 5.41) is 0.580. The third kappa shape index (κ3) is 2.28. The molecule has 0 saturated carbocycles. The lowest BCUT2D eigenvalue weighted by Crippen LogP contribution is -2.37. The Morgan fingerprint density at radius 1 is 1.31 bits per heavy atom. The van der Waals surface area contributed by atoms with Crippen LogP contribution >= 0.6 is 11.6 Å². The Hall–Kier alpha value is -0.870. The molecule has 1 aliphatic rings. The molecule has 1 aromatic rings. The number of aromatic nitrogens is 2. The van der Waals surface area contributed by atoms with Gasteiger partial charge in [-0.1, -0.05) is 18.5 Å². The molecule has 0 unspecified atom stereocenters. The maximum Gasteiger partial charge on any atom is 0.227 e. The summed E-state index contributed by atoms with van der Waals surface area (Å²) in [6.07, 6.45) is 0.869. The predicted octanol–water partition coefficient (Wildman–Crippen LogP) is 1.84. The maximum atomic E-state index is 6.14. The van der Waals surface area contributed by atoms with E-state index in [2.05, 4.69) is 21.8 Å². The van der Waals surface area contributed by atoms with Crippen LogP contribution in [0.15, 0.2) is 0 Å². The molecular weight excluding hydrogens is 226 g/mol. The molecule has 16 heavy (non-hydrogen) atoms. The van der Waals surface area contributed by atoms with E-state index in [0.717, 1.165) is 49.9 Å². The van der Waals surface area contributed by atoms with Crippen LogP contribution in [0.25, 0.3) is 0 Å². The second kappa shape index (κ2) is 4.97. The van der Waals surface area contributed by atoms with Crippen LogP contribution in [0.4, 0.5) is 5.95 Å². The zero-order valence-electron chi connectivity index (χ0n) is 9.66. The van der Waals surface area contributed by atoms with Gasteiger partial charge in [0.2, 0.25) is 5.95 Å². The molecule has 0 spiro atoms. The van der Waals surface area contributed by atoms with Gasteiger partial charge in [0.1, 0.15) is 5.15 Å². The first-order valence-electron chi connectivity index (χ1n) is 5.58. The summed E-state index contributed by atoms with van der Waals surface area (Å²) in [5.41, 5.74) is 2.02. The lowest BCUT2D eigenvalue weighted by molar-refractivity contribution is 0.122. The molecular formula is C11H16ClN3O. The van der Waals surface area contributed by atoms with Crippen molar-refractivity contribution in [2.24, 2.45) is 0 Å². The fourth-order valence-corrected chi connectivity index (χ4v) is 2.20. The third-order valence-electron chi connectivity index (χ3n) is 2.80. The summed E-state index contributed by atoms with van der Waals surface area (Å²) in [4.78, 5) is 11.0. The van der Waals surface area contributed by atoms with Crippen molar-refractivity contribution >= 4 is 17.5 Å². The topological polar surface area (TPSA) is 38.2 Å². The van der Waals surface area contributed by atoms with Gasteiger partial charge >= 0.3 is 0 Å². The minimum absolute atomic E-state index is 0.580. The Bertz CT molecular complexity index is 354. The molecule has 1 aliphatic heterocycles. The highest BCUT2D eigenvalue weighted by atomic mass is 35.5. The molecule has 88 valence electrons. The van der Waals surface area contributed by atoms with E-state index in [4.69, 9.17) is 16.3 Å². The number of halogens is 1. The molecule has 5 heteroatoms. The van der Waals surface area contributed by atoms with Gasteiger partial charge in [-0.15, -0.1) is 0 Å². The van der Waals surface area contributed by atoms with E-state index in [1.807, 2.05) is 6.92 Å². The number of rotatable bonds is 2. The molecule has 0 bridgehead atoms. The van der Waals surface area contributed by atoms with Crippen LogP contribution in [0.2, 0.25) is 5.15 Å². The SMILES string of the molecule is CCc1c(C)nc(N2CCOCC2)nc1Cl. The monoisotopic (exact) mass is 241 g/mol. The molecule has 1 aromatic heterocycles. The molecule has 0 aliphatic carbocycles. The van der Waals surface area contributed by atoms with Crippen molar-refractivity contribution in [3.8, 4) is 0 Å². The smallest absolute Gasteiger partial charge is 0.227 e. The van der Waals surface area contributed by atoms with E-state index >= 15 is 0 Å². The largest absolute Gasteiger partial charge is 0.378 e. The van der Waals surface area contributed by atoms with Crippen molar-refractivity contribution in [1.29, 1.82) is 0 Å². The fourth-order valence-electron chi connectivity index (χ4n) is 1.85. The first kappa shape index (κ1) is 11.6. The molecule has 0 radical (unpaired) electrons. The number of nitrogens with zero attached hydrogens (tertiary/aromatic N) is 3. The number of hydrogen-bond donors (Lipinski definition) is 0. The predicted molar refractivity (Wildman–Crippen MR) is 64.2 cm³/mol. The molecule has 0 amide bonds. The van der Waals surface area contributed by atoms with Crippen molar-refractivity contribution in [3.63, 3.8) is 0 Å². The van der Waals surface area contributed by atoms with Crippen LogP contribution < -0.4 is 4.90 Å². The van der Waals surface area contributed by atoms with E-state index in [9.17, 15) is 0 Å². The molecule has 0 N–H and O–H groups in total. The highest BCUT2D eigenvalue weighted by Gasteiger charge is 2.16. The summed E-state index contributed by atoms with van der Waals surface area (Å²) >= 11 is 6.14. The van der Waals surface area contributed by atoms with Crippen LogP contribution in [0, 0.1) is 6.92 Å². The highest BCUT2D eigenvalue weighted by Crippen LogP contribution is 2.21. The van der Waals surface area contributed by atoms with Gasteiger partial charge in [-0.05, 0) is 13.3 Å². The standard InChI is InChI=1S/C11H16ClN3O/c1-3-9-8(2)13-11(14-10(9)12)15-4-6-16-7-5-15/h3-7H2,1-2H3. The van der Waals surface area contributed by atoms with Crippen molar-refractivity contribution in [2.75, 3.05) is 31.2 Å². The maximum absolute atomic E-state index is 6.14. The van der Waals surface area contributed by atoms with E-state index in [0.29, 0.717) is 5.15 Å². The molecule has 0 aromatic carbocycles. The summed E-state index contributed by atoms with van der Waals surface area (Å²) in [6, 6.07) is 0. The van der Waals surface area contributed by atoms with Crippen LogP contribution in [0.5, 0.6) is 0 Å². The summed E-state index contributed by atoms with van der Waals surface area (Å²) in [6.45, 7) is 7.18. The first-order valence-corrected chi connectivity index (χ1v) is 5.96. The Morgan fingerprint density at radius 3 is 2.56 bits per heavy atom. The molecule has 1 saturated heterocycles. The zero-order chi connectivity index (χ0) is 11.5. The number of ether oxygens (including phenoxy) is 1. The van der Waals surface area contributed by atoms with E-state index in [1.165, 1.54) is 0 Å². The minimum atomic E-state index is 0.580. The van der Waals surface area contributed by atoms with Gasteiger partial charge in [-0.3, -0.25) is 0 Å². The van der Waals surface area contributed by atoms with Crippen LogP contribution in [0.1, 0.15) is 18.2 Å².